The number of nitrogens with zero attached hydrogens (tertiary/aromatic N) is 2. The highest BCUT2D eigenvalue weighted by molar-refractivity contribution is 6.11. The average Bonchev–Trinajstić information content (AvgIpc) is 3.04. The molecule has 0 fully saturated rings. The van der Waals surface area contributed by atoms with Crippen molar-refractivity contribution in [3.05, 3.63) is 146 Å². The van der Waals surface area contributed by atoms with Crippen LogP contribution in [0, 0.1) is 0 Å². The molecule has 2 aromatic heterocycles. The number of benzene rings is 6. The summed E-state index contributed by atoms with van der Waals surface area (Å²) in [5.41, 5.74) is 7.41. The lowest BCUT2D eigenvalue weighted by Gasteiger charge is -2.11. The Morgan fingerprint density at radius 2 is 1.02 bits per heavy atom. The van der Waals surface area contributed by atoms with Crippen LogP contribution >= 0.6 is 0 Å². The van der Waals surface area contributed by atoms with E-state index in [-0.39, 0.29) is 0 Å². The van der Waals surface area contributed by atoms with E-state index in [1.165, 1.54) is 38.1 Å². The van der Waals surface area contributed by atoms with E-state index in [1.54, 1.807) is 0 Å². The summed E-state index contributed by atoms with van der Waals surface area (Å²) in [6, 6.07) is 49.5. The number of fused-ring (bicyclic) bond motifs is 6. The summed E-state index contributed by atoms with van der Waals surface area (Å²) in [5.74, 6) is 0. The van der Waals surface area contributed by atoms with Crippen molar-refractivity contribution in [2.75, 3.05) is 0 Å². The van der Waals surface area contributed by atoms with Gasteiger partial charge in [0.1, 0.15) is 0 Å². The Morgan fingerprint density at radius 3 is 1.88 bits per heavy atom. The van der Waals surface area contributed by atoms with Crippen LogP contribution in [0.15, 0.2) is 146 Å². The predicted octanol–water partition coefficient (Wildman–Crippen LogP) is 10.1. The van der Waals surface area contributed by atoms with Gasteiger partial charge >= 0.3 is 0 Å². The van der Waals surface area contributed by atoms with Gasteiger partial charge in [0.25, 0.3) is 0 Å². The number of pyridine rings is 2. The molecule has 0 atom stereocenters. The van der Waals surface area contributed by atoms with E-state index in [1.807, 2.05) is 12.3 Å². The maximum atomic E-state index is 5.01. The Labute approximate surface area is 232 Å². The van der Waals surface area contributed by atoms with Gasteiger partial charge in [-0.1, -0.05) is 115 Å². The van der Waals surface area contributed by atoms with Gasteiger partial charge in [-0.2, -0.15) is 0 Å². The zero-order chi connectivity index (χ0) is 26.5. The maximum Gasteiger partial charge on any atom is 0.0972 e. The van der Waals surface area contributed by atoms with E-state index in [2.05, 4.69) is 133 Å². The molecular weight excluding hydrogens is 484 g/mol. The Balaban J connectivity index is 1.17. The lowest BCUT2D eigenvalue weighted by Crippen LogP contribution is -1.92. The molecule has 2 nitrogen and oxygen atoms in total. The van der Waals surface area contributed by atoms with Crippen LogP contribution in [0.4, 0.5) is 0 Å². The Hall–Kier alpha value is -5.34. The summed E-state index contributed by atoms with van der Waals surface area (Å²) >= 11 is 0. The zero-order valence-electron chi connectivity index (χ0n) is 21.8. The van der Waals surface area contributed by atoms with Gasteiger partial charge in [0.05, 0.1) is 16.9 Å². The van der Waals surface area contributed by atoms with Gasteiger partial charge in [-0.3, -0.25) is 4.98 Å². The van der Waals surface area contributed by atoms with Crippen molar-refractivity contribution < 1.29 is 0 Å². The number of aromatic nitrogens is 2. The number of hydrogen-bond donors (Lipinski definition) is 0. The third-order valence-corrected chi connectivity index (χ3v) is 7.89. The number of rotatable bonds is 3. The monoisotopic (exact) mass is 508 g/mol. The van der Waals surface area contributed by atoms with E-state index in [0.717, 1.165) is 38.8 Å². The van der Waals surface area contributed by atoms with Crippen molar-refractivity contribution in [3.8, 4) is 33.6 Å². The molecule has 2 heteroatoms. The summed E-state index contributed by atoms with van der Waals surface area (Å²) in [7, 11) is 0. The van der Waals surface area contributed by atoms with Gasteiger partial charge < -0.3 is 0 Å². The van der Waals surface area contributed by atoms with Crippen LogP contribution in [0.25, 0.3) is 76.9 Å². The van der Waals surface area contributed by atoms with Crippen LogP contribution < -0.4 is 0 Å². The van der Waals surface area contributed by atoms with Gasteiger partial charge in [0.2, 0.25) is 0 Å². The zero-order valence-corrected chi connectivity index (χ0v) is 21.8. The molecule has 40 heavy (non-hydrogen) atoms. The number of para-hydroxylation sites is 1. The molecule has 0 aliphatic rings. The molecule has 0 saturated carbocycles. The third-order valence-electron chi connectivity index (χ3n) is 7.89. The second-order valence-electron chi connectivity index (χ2n) is 10.3. The molecule has 6 aromatic carbocycles. The Bertz CT molecular complexity index is 2210. The Kier molecular flexibility index (Phi) is 5.17. The highest BCUT2D eigenvalue weighted by atomic mass is 14.8. The normalized spacial score (nSPS) is 11.5. The maximum absolute atomic E-state index is 5.01. The minimum absolute atomic E-state index is 0.878. The molecule has 0 spiro atoms. The predicted molar refractivity (Wildman–Crippen MR) is 168 cm³/mol. The van der Waals surface area contributed by atoms with Crippen molar-refractivity contribution in [1.82, 2.24) is 9.97 Å². The standard InChI is InChI=1S/C38H24N2/c1-2-11-31-25(8-1)16-17-29-23-28(18-20-32(29)31)26-9-7-10-27(22-26)30-19-21-37(39-24-30)38-35-14-4-3-12-33(35)34-13-5-6-15-36(34)40-38/h1-24H. The van der Waals surface area contributed by atoms with Gasteiger partial charge in [0.15, 0.2) is 0 Å². The summed E-state index contributed by atoms with van der Waals surface area (Å²) in [5, 5.41) is 8.58. The van der Waals surface area contributed by atoms with Crippen LogP contribution in [0.1, 0.15) is 0 Å². The topological polar surface area (TPSA) is 25.8 Å². The molecule has 8 rings (SSSR count). The first-order valence-corrected chi connectivity index (χ1v) is 13.6. The molecule has 0 aliphatic carbocycles. The van der Waals surface area contributed by atoms with Gasteiger partial charge in [-0.25, -0.2) is 4.98 Å². The van der Waals surface area contributed by atoms with E-state index >= 15 is 0 Å². The van der Waals surface area contributed by atoms with Crippen molar-refractivity contribution in [3.63, 3.8) is 0 Å². The van der Waals surface area contributed by atoms with Crippen molar-refractivity contribution in [2.24, 2.45) is 0 Å². The third kappa shape index (κ3) is 3.73. The first-order chi connectivity index (χ1) is 19.8. The van der Waals surface area contributed by atoms with Gasteiger partial charge in [0, 0.05) is 22.5 Å². The largest absolute Gasteiger partial charge is 0.254 e. The van der Waals surface area contributed by atoms with Crippen LogP contribution in [0.5, 0.6) is 0 Å². The lowest BCUT2D eigenvalue weighted by molar-refractivity contribution is 1.29. The number of hydrogen-bond acceptors (Lipinski definition) is 2. The van der Waals surface area contributed by atoms with Crippen molar-refractivity contribution >= 4 is 43.2 Å². The SMILES string of the molecule is c1cc(-c2ccc(-c3nc4ccccc4c4ccccc34)nc2)cc(-c2ccc3c(ccc4ccccc43)c2)c1. The van der Waals surface area contributed by atoms with Gasteiger partial charge in [-0.15, -0.1) is 0 Å². The quantitative estimate of drug-likeness (QED) is 0.222. The molecule has 8 aromatic rings. The molecule has 0 saturated heterocycles. The first kappa shape index (κ1) is 22.6. The van der Waals surface area contributed by atoms with Crippen LogP contribution in [-0.4, -0.2) is 9.97 Å². The van der Waals surface area contributed by atoms with Crippen LogP contribution in [0.3, 0.4) is 0 Å². The summed E-state index contributed by atoms with van der Waals surface area (Å²) in [6.45, 7) is 0. The van der Waals surface area contributed by atoms with Crippen molar-refractivity contribution in [2.45, 2.75) is 0 Å². The fourth-order valence-electron chi connectivity index (χ4n) is 5.87. The lowest BCUT2D eigenvalue weighted by atomic mass is 9.95. The first-order valence-electron chi connectivity index (χ1n) is 13.6. The molecule has 2 heterocycles. The molecule has 0 amide bonds. The summed E-state index contributed by atoms with van der Waals surface area (Å²) < 4.78 is 0. The minimum atomic E-state index is 0.878. The molecular formula is C38H24N2. The van der Waals surface area contributed by atoms with E-state index < -0.39 is 0 Å². The highest BCUT2D eigenvalue weighted by Gasteiger charge is 2.12. The molecule has 0 aliphatic heterocycles. The summed E-state index contributed by atoms with van der Waals surface area (Å²) in [4.78, 5) is 9.90. The molecule has 0 bridgehead atoms. The van der Waals surface area contributed by atoms with Gasteiger partial charge in [-0.05, 0) is 67.9 Å². The molecule has 0 unspecified atom stereocenters. The second-order valence-corrected chi connectivity index (χ2v) is 10.3. The minimum Gasteiger partial charge on any atom is -0.254 e. The van der Waals surface area contributed by atoms with E-state index in [4.69, 9.17) is 9.97 Å². The van der Waals surface area contributed by atoms with Crippen LogP contribution in [-0.2, 0) is 0 Å². The smallest absolute Gasteiger partial charge is 0.0972 e. The second kappa shape index (κ2) is 9.14. The molecule has 0 radical (unpaired) electrons. The highest BCUT2D eigenvalue weighted by Crippen LogP contribution is 2.34. The molecule has 186 valence electrons. The average molecular weight is 509 g/mol. The van der Waals surface area contributed by atoms with Crippen LogP contribution in [0.2, 0.25) is 0 Å². The molecule has 0 N–H and O–H groups in total. The van der Waals surface area contributed by atoms with E-state index in [9.17, 15) is 0 Å². The fraction of sp³-hybridized carbons (Fsp3) is 0. The Morgan fingerprint density at radius 1 is 0.375 bits per heavy atom. The van der Waals surface area contributed by atoms with Crippen molar-refractivity contribution in [1.29, 1.82) is 0 Å². The fourth-order valence-corrected chi connectivity index (χ4v) is 5.87. The van der Waals surface area contributed by atoms with E-state index in [0.29, 0.717) is 0 Å². The summed E-state index contributed by atoms with van der Waals surface area (Å²) in [6.07, 6.45) is 1.96.